The SMILES string of the molecule is CCn1ncc(CN(C)CC(=O)Nc2cccc(Cl)c2)c1C. The molecule has 0 aliphatic carbocycles. The molecule has 6 heteroatoms. The van der Waals surface area contributed by atoms with Crippen molar-refractivity contribution >= 4 is 23.2 Å². The van der Waals surface area contributed by atoms with Gasteiger partial charge in [0.2, 0.25) is 5.91 Å². The first-order valence-electron chi connectivity index (χ1n) is 7.25. The Bertz CT molecular complexity index is 653. The molecule has 0 saturated carbocycles. The lowest BCUT2D eigenvalue weighted by atomic mass is 10.2. The predicted molar refractivity (Wildman–Crippen MR) is 89.1 cm³/mol. The second kappa shape index (κ2) is 7.42. The fraction of sp³-hybridized carbons (Fsp3) is 0.375. The molecule has 2 rings (SSSR count). The van der Waals surface area contributed by atoms with E-state index in [2.05, 4.69) is 17.3 Å². The van der Waals surface area contributed by atoms with E-state index in [-0.39, 0.29) is 5.91 Å². The standard InChI is InChI=1S/C16H21ClN4O/c1-4-21-12(2)13(9-18-21)10-20(3)11-16(22)19-15-7-5-6-14(17)8-15/h5-9H,4,10-11H2,1-3H3,(H,19,22). The van der Waals surface area contributed by atoms with Crippen LogP contribution in [0.25, 0.3) is 0 Å². The van der Waals surface area contributed by atoms with Gasteiger partial charge >= 0.3 is 0 Å². The predicted octanol–water partition coefficient (Wildman–Crippen LogP) is 2.94. The van der Waals surface area contributed by atoms with Crippen LogP contribution in [-0.4, -0.2) is 34.2 Å². The van der Waals surface area contributed by atoms with E-state index in [1.807, 2.05) is 41.9 Å². The highest BCUT2D eigenvalue weighted by atomic mass is 35.5. The van der Waals surface area contributed by atoms with Gasteiger partial charge in [-0.1, -0.05) is 17.7 Å². The molecule has 0 fully saturated rings. The Labute approximate surface area is 135 Å². The zero-order valence-electron chi connectivity index (χ0n) is 13.1. The van der Waals surface area contributed by atoms with E-state index in [0.29, 0.717) is 23.8 Å². The van der Waals surface area contributed by atoms with Crippen molar-refractivity contribution in [3.8, 4) is 0 Å². The average Bonchev–Trinajstić information content (AvgIpc) is 2.79. The van der Waals surface area contributed by atoms with Crippen molar-refractivity contribution in [2.45, 2.75) is 26.9 Å². The lowest BCUT2D eigenvalue weighted by molar-refractivity contribution is -0.117. The minimum Gasteiger partial charge on any atom is -0.325 e. The Balaban J connectivity index is 1.89. The van der Waals surface area contributed by atoms with Gasteiger partial charge in [-0.05, 0) is 39.1 Å². The summed E-state index contributed by atoms with van der Waals surface area (Å²) in [6.07, 6.45) is 1.87. The molecule has 0 aliphatic rings. The summed E-state index contributed by atoms with van der Waals surface area (Å²) in [5.41, 5.74) is 2.99. The Hall–Kier alpha value is -1.85. The van der Waals surface area contributed by atoms with Crippen LogP contribution in [0.1, 0.15) is 18.2 Å². The first kappa shape index (κ1) is 16.5. The molecule has 0 saturated heterocycles. The first-order valence-corrected chi connectivity index (χ1v) is 7.62. The molecule has 0 unspecified atom stereocenters. The minimum absolute atomic E-state index is 0.0645. The third kappa shape index (κ3) is 4.32. The smallest absolute Gasteiger partial charge is 0.238 e. The van der Waals surface area contributed by atoms with E-state index in [0.717, 1.165) is 17.8 Å². The van der Waals surface area contributed by atoms with Crippen LogP contribution < -0.4 is 5.32 Å². The molecule has 0 radical (unpaired) electrons. The number of halogens is 1. The number of likely N-dealkylation sites (N-methyl/N-ethyl adjacent to an activating group) is 1. The normalized spacial score (nSPS) is 11.0. The fourth-order valence-corrected chi connectivity index (χ4v) is 2.51. The summed E-state index contributed by atoms with van der Waals surface area (Å²) >= 11 is 5.90. The van der Waals surface area contributed by atoms with Crippen LogP contribution >= 0.6 is 11.6 Å². The molecular formula is C16H21ClN4O. The van der Waals surface area contributed by atoms with Crippen LogP contribution in [-0.2, 0) is 17.9 Å². The molecule has 1 aromatic carbocycles. The monoisotopic (exact) mass is 320 g/mol. The van der Waals surface area contributed by atoms with Gasteiger partial charge in [-0.2, -0.15) is 5.10 Å². The van der Waals surface area contributed by atoms with Crippen LogP contribution in [0.15, 0.2) is 30.5 Å². The maximum Gasteiger partial charge on any atom is 0.238 e. The number of nitrogens with one attached hydrogen (secondary N) is 1. The van der Waals surface area contributed by atoms with Crippen LogP contribution in [0.4, 0.5) is 5.69 Å². The van der Waals surface area contributed by atoms with Gasteiger partial charge in [0, 0.05) is 35.1 Å². The van der Waals surface area contributed by atoms with Crippen LogP contribution in [0.5, 0.6) is 0 Å². The van der Waals surface area contributed by atoms with Crippen molar-refractivity contribution in [3.63, 3.8) is 0 Å². The van der Waals surface area contributed by atoms with Crippen molar-refractivity contribution in [2.75, 3.05) is 18.9 Å². The minimum atomic E-state index is -0.0645. The quantitative estimate of drug-likeness (QED) is 0.890. The van der Waals surface area contributed by atoms with Crippen molar-refractivity contribution < 1.29 is 4.79 Å². The maximum atomic E-state index is 12.1. The Morgan fingerprint density at radius 2 is 2.23 bits per heavy atom. The van der Waals surface area contributed by atoms with Crippen LogP contribution in [0.2, 0.25) is 5.02 Å². The second-order valence-electron chi connectivity index (χ2n) is 5.30. The molecule has 22 heavy (non-hydrogen) atoms. The van der Waals surface area contributed by atoms with Gasteiger partial charge < -0.3 is 5.32 Å². The topological polar surface area (TPSA) is 50.2 Å². The molecule has 0 bridgehead atoms. The molecule has 1 heterocycles. The third-order valence-electron chi connectivity index (χ3n) is 3.47. The molecule has 2 aromatic rings. The number of carbonyl (C=O) groups is 1. The van der Waals surface area contributed by atoms with Gasteiger partial charge in [0.25, 0.3) is 0 Å². The summed E-state index contributed by atoms with van der Waals surface area (Å²) in [7, 11) is 1.92. The lowest BCUT2D eigenvalue weighted by Gasteiger charge is -2.16. The highest BCUT2D eigenvalue weighted by Crippen LogP contribution is 2.15. The molecule has 1 aromatic heterocycles. The zero-order valence-corrected chi connectivity index (χ0v) is 13.9. The molecule has 1 amide bonds. The van der Waals surface area contributed by atoms with Crippen LogP contribution in [0.3, 0.4) is 0 Å². The van der Waals surface area contributed by atoms with Gasteiger partial charge in [0.1, 0.15) is 0 Å². The summed E-state index contributed by atoms with van der Waals surface area (Å²) in [5, 5.41) is 7.77. The molecule has 5 nitrogen and oxygen atoms in total. The molecule has 0 atom stereocenters. The molecule has 0 aliphatic heterocycles. The van der Waals surface area contributed by atoms with Crippen molar-refractivity contribution in [3.05, 3.63) is 46.7 Å². The maximum absolute atomic E-state index is 12.1. The number of anilines is 1. The number of amides is 1. The molecular weight excluding hydrogens is 300 g/mol. The van der Waals surface area contributed by atoms with E-state index in [9.17, 15) is 4.79 Å². The Kier molecular flexibility index (Phi) is 5.57. The van der Waals surface area contributed by atoms with E-state index >= 15 is 0 Å². The highest BCUT2D eigenvalue weighted by Gasteiger charge is 2.11. The largest absolute Gasteiger partial charge is 0.325 e. The zero-order chi connectivity index (χ0) is 16.1. The summed E-state index contributed by atoms with van der Waals surface area (Å²) in [5.74, 6) is -0.0645. The Morgan fingerprint density at radius 3 is 2.86 bits per heavy atom. The van der Waals surface area contributed by atoms with E-state index in [4.69, 9.17) is 11.6 Å². The average molecular weight is 321 g/mol. The third-order valence-corrected chi connectivity index (χ3v) is 3.70. The van der Waals surface area contributed by atoms with Gasteiger partial charge in [0.15, 0.2) is 0 Å². The lowest BCUT2D eigenvalue weighted by Crippen LogP contribution is -2.30. The number of hydrogen-bond donors (Lipinski definition) is 1. The number of hydrogen-bond acceptors (Lipinski definition) is 3. The molecule has 118 valence electrons. The molecule has 1 N–H and O–H groups in total. The summed E-state index contributed by atoms with van der Waals surface area (Å²) in [6, 6.07) is 7.13. The number of rotatable bonds is 6. The van der Waals surface area contributed by atoms with Crippen molar-refractivity contribution in [2.24, 2.45) is 0 Å². The number of aryl methyl sites for hydroxylation is 1. The van der Waals surface area contributed by atoms with Gasteiger partial charge in [-0.3, -0.25) is 14.4 Å². The summed E-state index contributed by atoms with van der Waals surface area (Å²) in [4.78, 5) is 14.0. The van der Waals surface area contributed by atoms with Gasteiger partial charge in [-0.15, -0.1) is 0 Å². The fourth-order valence-electron chi connectivity index (χ4n) is 2.32. The van der Waals surface area contributed by atoms with Crippen molar-refractivity contribution in [1.82, 2.24) is 14.7 Å². The van der Waals surface area contributed by atoms with Crippen molar-refractivity contribution in [1.29, 1.82) is 0 Å². The summed E-state index contributed by atoms with van der Waals surface area (Å²) < 4.78 is 1.95. The first-order chi connectivity index (χ1) is 10.5. The highest BCUT2D eigenvalue weighted by molar-refractivity contribution is 6.30. The van der Waals surface area contributed by atoms with Gasteiger partial charge in [0.05, 0.1) is 12.7 Å². The number of aromatic nitrogens is 2. The van der Waals surface area contributed by atoms with Gasteiger partial charge in [-0.25, -0.2) is 0 Å². The second-order valence-corrected chi connectivity index (χ2v) is 5.74. The van der Waals surface area contributed by atoms with E-state index in [1.54, 1.807) is 12.1 Å². The number of benzene rings is 1. The Morgan fingerprint density at radius 1 is 1.45 bits per heavy atom. The van der Waals surface area contributed by atoms with Crippen LogP contribution in [0, 0.1) is 6.92 Å². The van der Waals surface area contributed by atoms with E-state index < -0.39 is 0 Å². The summed E-state index contributed by atoms with van der Waals surface area (Å²) in [6.45, 7) is 5.96. The number of carbonyl (C=O) groups excluding carboxylic acids is 1. The van der Waals surface area contributed by atoms with E-state index in [1.165, 1.54) is 0 Å². The molecule has 0 spiro atoms. The number of nitrogens with zero attached hydrogens (tertiary/aromatic N) is 3.